The molecule has 4 nitrogen and oxygen atoms in total. The summed E-state index contributed by atoms with van der Waals surface area (Å²) < 4.78 is 26.4. The van der Waals surface area contributed by atoms with Crippen LogP contribution in [0.5, 0.6) is 0 Å². The van der Waals surface area contributed by atoms with E-state index in [1.807, 2.05) is 31.2 Å². The predicted octanol–water partition coefficient (Wildman–Crippen LogP) is 4.81. The maximum Gasteiger partial charge on any atom is 0.258 e. The summed E-state index contributed by atoms with van der Waals surface area (Å²) in [5, 5.41) is 2.52. The van der Waals surface area contributed by atoms with Gasteiger partial charge in [0.2, 0.25) is 0 Å². The second-order valence-electron chi connectivity index (χ2n) is 7.02. The van der Waals surface area contributed by atoms with E-state index in [4.69, 9.17) is 0 Å². The molecule has 6 heteroatoms. The third-order valence-electron chi connectivity index (χ3n) is 4.98. The van der Waals surface area contributed by atoms with Gasteiger partial charge in [-0.3, -0.25) is 9.59 Å². The van der Waals surface area contributed by atoms with E-state index in [9.17, 15) is 18.4 Å². The molecule has 4 rings (SSSR count). The lowest BCUT2D eigenvalue weighted by Gasteiger charge is -2.23. The molecule has 1 unspecified atom stereocenters. The van der Waals surface area contributed by atoms with Crippen molar-refractivity contribution >= 4 is 23.2 Å². The topological polar surface area (TPSA) is 49.4 Å². The molecule has 0 saturated carbocycles. The summed E-state index contributed by atoms with van der Waals surface area (Å²) in [7, 11) is 0. The number of hydrogen-bond donors (Lipinski definition) is 1. The van der Waals surface area contributed by atoms with Crippen molar-refractivity contribution in [3.8, 4) is 0 Å². The first-order valence-corrected chi connectivity index (χ1v) is 9.22. The highest BCUT2D eigenvalue weighted by atomic mass is 19.2. The zero-order valence-corrected chi connectivity index (χ0v) is 15.7. The normalized spacial score (nSPS) is 15.1. The van der Waals surface area contributed by atoms with Crippen LogP contribution in [0.25, 0.3) is 0 Å². The van der Waals surface area contributed by atoms with Gasteiger partial charge in [-0.2, -0.15) is 0 Å². The number of amides is 2. The Morgan fingerprint density at radius 3 is 2.48 bits per heavy atom. The lowest BCUT2D eigenvalue weighted by atomic mass is 10.1. The minimum Gasteiger partial charge on any atom is -0.322 e. The number of rotatable bonds is 3. The Hall–Kier alpha value is -3.54. The number of halogens is 2. The van der Waals surface area contributed by atoms with Crippen molar-refractivity contribution in [2.24, 2.45) is 0 Å². The van der Waals surface area contributed by atoms with Gasteiger partial charge in [0.15, 0.2) is 11.6 Å². The van der Waals surface area contributed by atoms with Gasteiger partial charge in [-0.15, -0.1) is 0 Å². The maximum atomic E-state index is 13.4. The monoisotopic (exact) mass is 392 g/mol. The molecule has 0 aliphatic carbocycles. The predicted molar refractivity (Wildman–Crippen MR) is 107 cm³/mol. The van der Waals surface area contributed by atoms with E-state index < -0.39 is 17.5 Å². The molecule has 1 atom stereocenters. The van der Waals surface area contributed by atoms with Crippen LogP contribution in [0.15, 0.2) is 66.7 Å². The summed E-state index contributed by atoms with van der Waals surface area (Å²) in [5.41, 5.74) is 2.75. The highest BCUT2D eigenvalue weighted by Gasteiger charge is 2.31. The maximum absolute atomic E-state index is 13.4. The van der Waals surface area contributed by atoms with Gasteiger partial charge in [-0.05, 0) is 55.3 Å². The van der Waals surface area contributed by atoms with Crippen molar-refractivity contribution in [2.45, 2.75) is 19.4 Å². The molecule has 1 N–H and O–H groups in total. The van der Waals surface area contributed by atoms with Gasteiger partial charge >= 0.3 is 0 Å². The zero-order valence-electron chi connectivity index (χ0n) is 15.7. The molecule has 3 aromatic carbocycles. The van der Waals surface area contributed by atoms with Crippen LogP contribution in [0.1, 0.15) is 33.2 Å². The third-order valence-corrected chi connectivity index (χ3v) is 4.98. The third kappa shape index (κ3) is 3.61. The molecule has 1 heterocycles. The highest BCUT2D eigenvalue weighted by molar-refractivity contribution is 6.10. The van der Waals surface area contributed by atoms with E-state index in [0.717, 1.165) is 29.8 Å². The van der Waals surface area contributed by atoms with Crippen molar-refractivity contribution < 1.29 is 18.4 Å². The van der Waals surface area contributed by atoms with Gasteiger partial charge in [0.25, 0.3) is 11.8 Å². The fraction of sp³-hybridized carbons (Fsp3) is 0.130. The van der Waals surface area contributed by atoms with E-state index in [-0.39, 0.29) is 23.2 Å². The summed E-state index contributed by atoms with van der Waals surface area (Å²) in [5.74, 6) is -2.74. The second kappa shape index (κ2) is 7.47. The van der Waals surface area contributed by atoms with E-state index in [2.05, 4.69) is 5.32 Å². The molecule has 1 aliphatic rings. The molecule has 1 aliphatic heterocycles. The molecule has 0 saturated heterocycles. The molecule has 29 heavy (non-hydrogen) atoms. The Balaban J connectivity index is 1.58. The molecule has 3 aromatic rings. The van der Waals surface area contributed by atoms with Crippen LogP contribution in [0, 0.1) is 11.6 Å². The van der Waals surface area contributed by atoms with Crippen molar-refractivity contribution in [1.82, 2.24) is 0 Å². The average molecular weight is 392 g/mol. The van der Waals surface area contributed by atoms with Crippen LogP contribution in [0.3, 0.4) is 0 Å². The average Bonchev–Trinajstić information content (AvgIpc) is 3.06. The van der Waals surface area contributed by atoms with Crippen LogP contribution in [-0.2, 0) is 6.42 Å². The van der Waals surface area contributed by atoms with E-state index in [1.54, 1.807) is 23.1 Å². The minimum atomic E-state index is -1.05. The number of anilines is 2. The number of hydrogen-bond acceptors (Lipinski definition) is 2. The number of para-hydroxylation sites is 1. The van der Waals surface area contributed by atoms with Crippen LogP contribution < -0.4 is 10.2 Å². The second-order valence-corrected chi connectivity index (χ2v) is 7.02. The van der Waals surface area contributed by atoms with Crippen molar-refractivity contribution in [3.05, 3.63) is 95.1 Å². The van der Waals surface area contributed by atoms with Gasteiger partial charge in [0.05, 0.1) is 0 Å². The standard InChI is InChI=1S/C23H18F2N2O2/c1-14-11-15-5-2-3-8-21(15)27(14)23(29)17-7-4-6-16(12-17)22(28)26-18-9-10-19(24)20(25)13-18/h2-10,12-14H,11H2,1H3,(H,26,28). The van der Waals surface area contributed by atoms with Crippen molar-refractivity contribution in [1.29, 1.82) is 0 Å². The first-order valence-electron chi connectivity index (χ1n) is 9.22. The number of nitrogens with zero attached hydrogens (tertiary/aromatic N) is 1. The lowest BCUT2D eigenvalue weighted by Crippen LogP contribution is -2.35. The van der Waals surface area contributed by atoms with Gasteiger partial charge in [-0.25, -0.2) is 8.78 Å². The Morgan fingerprint density at radius 1 is 0.931 bits per heavy atom. The number of carbonyl (C=O) groups excluding carboxylic acids is 2. The first-order chi connectivity index (χ1) is 13.9. The van der Waals surface area contributed by atoms with Crippen LogP contribution in [0.4, 0.5) is 20.2 Å². The Kier molecular flexibility index (Phi) is 4.84. The SMILES string of the molecule is CC1Cc2ccccc2N1C(=O)c1cccc(C(=O)Nc2ccc(F)c(F)c2)c1. The molecular formula is C23H18F2N2O2. The summed E-state index contributed by atoms with van der Waals surface area (Å²) in [4.78, 5) is 27.4. The van der Waals surface area contributed by atoms with Crippen molar-refractivity contribution in [2.75, 3.05) is 10.2 Å². The van der Waals surface area contributed by atoms with Gasteiger partial charge in [-0.1, -0.05) is 24.3 Å². The molecule has 0 spiro atoms. The Labute approximate surface area is 166 Å². The zero-order chi connectivity index (χ0) is 20.5. The molecule has 0 fully saturated rings. The van der Waals surface area contributed by atoms with Gasteiger partial charge < -0.3 is 10.2 Å². The smallest absolute Gasteiger partial charge is 0.258 e. The molecule has 2 amide bonds. The number of carbonyl (C=O) groups is 2. The fourth-order valence-corrected chi connectivity index (χ4v) is 3.58. The minimum absolute atomic E-state index is 0.0135. The Morgan fingerprint density at radius 2 is 1.69 bits per heavy atom. The quantitative estimate of drug-likeness (QED) is 0.696. The van der Waals surface area contributed by atoms with E-state index in [0.29, 0.717) is 5.56 Å². The van der Waals surface area contributed by atoms with Gasteiger partial charge in [0, 0.05) is 34.6 Å². The molecule has 0 radical (unpaired) electrons. The lowest BCUT2D eigenvalue weighted by molar-refractivity contribution is 0.0981. The molecule has 0 aromatic heterocycles. The Bertz CT molecular complexity index is 1110. The number of fused-ring (bicyclic) bond motifs is 1. The summed E-state index contributed by atoms with van der Waals surface area (Å²) in [6.07, 6.45) is 0.776. The number of nitrogens with one attached hydrogen (secondary N) is 1. The van der Waals surface area contributed by atoms with Crippen molar-refractivity contribution in [3.63, 3.8) is 0 Å². The summed E-state index contributed by atoms with van der Waals surface area (Å²) in [6, 6.07) is 17.2. The highest BCUT2D eigenvalue weighted by Crippen LogP contribution is 2.33. The number of benzene rings is 3. The van der Waals surface area contributed by atoms with E-state index in [1.165, 1.54) is 12.1 Å². The summed E-state index contributed by atoms with van der Waals surface area (Å²) in [6.45, 7) is 1.98. The molecule has 146 valence electrons. The van der Waals surface area contributed by atoms with Crippen LogP contribution >= 0.6 is 0 Å². The summed E-state index contributed by atoms with van der Waals surface area (Å²) >= 11 is 0. The van der Waals surface area contributed by atoms with Gasteiger partial charge in [0.1, 0.15) is 0 Å². The largest absolute Gasteiger partial charge is 0.322 e. The van der Waals surface area contributed by atoms with E-state index >= 15 is 0 Å². The van der Waals surface area contributed by atoms with Crippen LogP contribution in [0.2, 0.25) is 0 Å². The van der Waals surface area contributed by atoms with Crippen LogP contribution in [-0.4, -0.2) is 17.9 Å². The molecule has 0 bridgehead atoms. The molecular weight excluding hydrogens is 374 g/mol. The first kappa shape index (κ1) is 18.8. The fourth-order valence-electron chi connectivity index (χ4n) is 3.58.